The van der Waals surface area contributed by atoms with E-state index in [1.165, 1.54) is 23.3 Å². The molecular weight excluding hydrogens is 289 g/mol. The first-order valence-electron chi connectivity index (χ1n) is 4.72. The van der Waals surface area contributed by atoms with E-state index in [0.29, 0.717) is 17.4 Å². The van der Waals surface area contributed by atoms with E-state index in [1.54, 1.807) is 26.0 Å². The SMILES string of the molecule is CC[N+](CC)(Sc1ccc(Cl)s1)P(=O)(O)O. The molecule has 0 spiro atoms. The lowest BCUT2D eigenvalue weighted by Gasteiger charge is -2.32. The van der Waals surface area contributed by atoms with E-state index >= 15 is 0 Å². The summed E-state index contributed by atoms with van der Waals surface area (Å²) in [7, 11) is -4.20. The molecule has 0 radical (unpaired) electrons. The second-order valence-corrected chi connectivity index (χ2v) is 8.50. The van der Waals surface area contributed by atoms with E-state index in [0.717, 1.165) is 4.21 Å². The highest BCUT2D eigenvalue weighted by molar-refractivity contribution is 7.98. The zero-order valence-corrected chi connectivity index (χ0v) is 12.2. The van der Waals surface area contributed by atoms with Crippen molar-refractivity contribution in [3.63, 3.8) is 0 Å². The van der Waals surface area contributed by atoms with Crippen LogP contribution >= 0.6 is 42.6 Å². The third-order valence-corrected chi connectivity index (χ3v) is 7.34. The van der Waals surface area contributed by atoms with Crippen molar-refractivity contribution in [1.82, 2.24) is 0 Å². The lowest BCUT2D eigenvalue weighted by Crippen LogP contribution is -2.36. The van der Waals surface area contributed by atoms with E-state index < -0.39 is 7.75 Å². The summed E-state index contributed by atoms with van der Waals surface area (Å²) in [5.41, 5.74) is 0. The molecular formula is C8H14ClNO3PS2+. The van der Waals surface area contributed by atoms with Gasteiger partial charge >= 0.3 is 7.75 Å². The van der Waals surface area contributed by atoms with Gasteiger partial charge in [0.15, 0.2) is 0 Å². The molecule has 0 aliphatic carbocycles. The van der Waals surface area contributed by atoms with Gasteiger partial charge in [-0.05, 0) is 26.0 Å². The average Bonchev–Trinajstić information content (AvgIpc) is 2.58. The Hall–Kier alpha value is 0.450. The Balaban J connectivity index is 3.00. The molecule has 16 heavy (non-hydrogen) atoms. The maximum atomic E-state index is 11.5. The Kier molecular flexibility index (Phi) is 4.89. The summed E-state index contributed by atoms with van der Waals surface area (Å²) in [6.45, 7) is 4.26. The number of halogens is 1. The van der Waals surface area contributed by atoms with Crippen LogP contribution < -0.4 is 0 Å². The highest BCUT2D eigenvalue weighted by Crippen LogP contribution is 2.56. The van der Waals surface area contributed by atoms with Crippen LogP contribution in [0.2, 0.25) is 4.34 Å². The third-order valence-electron chi connectivity index (χ3n) is 2.27. The van der Waals surface area contributed by atoms with Gasteiger partial charge in [0.1, 0.15) is 16.2 Å². The van der Waals surface area contributed by atoms with Gasteiger partial charge in [-0.15, -0.1) is 11.3 Å². The normalized spacial score (nSPS) is 13.1. The molecule has 0 aliphatic heterocycles. The highest BCUT2D eigenvalue weighted by Gasteiger charge is 2.45. The molecule has 1 aromatic heterocycles. The van der Waals surface area contributed by atoms with Crippen LogP contribution in [0.5, 0.6) is 0 Å². The molecule has 0 amide bonds. The van der Waals surface area contributed by atoms with Crippen molar-refractivity contribution < 1.29 is 18.0 Å². The zero-order valence-electron chi connectivity index (χ0n) is 8.96. The number of rotatable bonds is 5. The first kappa shape index (κ1) is 14.5. The van der Waals surface area contributed by atoms with Crippen LogP contribution in [0, 0.1) is 0 Å². The molecule has 1 heterocycles. The van der Waals surface area contributed by atoms with Crippen molar-refractivity contribution in [1.29, 1.82) is 0 Å². The molecule has 0 unspecified atom stereocenters. The van der Waals surface area contributed by atoms with E-state index in [2.05, 4.69) is 0 Å². The first-order chi connectivity index (χ1) is 7.34. The molecule has 0 aliphatic rings. The van der Waals surface area contributed by atoms with Crippen molar-refractivity contribution in [3.8, 4) is 0 Å². The van der Waals surface area contributed by atoms with Crippen LogP contribution in [0.4, 0.5) is 0 Å². The van der Waals surface area contributed by atoms with Gasteiger partial charge in [0.25, 0.3) is 0 Å². The monoisotopic (exact) mass is 302 g/mol. The second kappa shape index (κ2) is 5.40. The van der Waals surface area contributed by atoms with E-state index in [-0.39, 0.29) is 3.66 Å². The predicted octanol–water partition coefficient (Wildman–Crippen LogP) is 3.36. The molecule has 0 fully saturated rings. The highest BCUT2D eigenvalue weighted by atomic mass is 35.5. The summed E-state index contributed by atoms with van der Waals surface area (Å²) in [5.74, 6) is 0. The lowest BCUT2D eigenvalue weighted by atomic mass is 10.7. The summed E-state index contributed by atoms with van der Waals surface area (Å²) < 4.78 is 12.7. The van der Waals surface area contributed by atoms with E-state index in [4.69, 9.17) is 11.6 Å². The van der Waals surface area contributed by atoms with Gasteiger partial charge in [-0.25, -0.2) is 4.57 Å². The van der Waals surface area contributed by atoms with Crippen molar-refractivity contribution >= 4 is 42.6 Å². The molecule has 0 bridgehead atoms. The van der Waals surface area contributed by atoms with Crippen LogP contribution in [-0.4, -0.2) is 26.5 Å². The third kappa shape index (κ3) is 3.01. The van der Waals surface area contributed by atoms with Gasteiger partial charge in [-0.1, -0.05) is 11.6 Å². The minimum absolute atomic E-state index is 0.302. The van der Waals surface area contributed by atoms with Crippen LogP contribution in [0.15, 0.2) is 16.3 Å². The number of nitrogens with zero attached hydrogens (tertiary/aromatic N) is 1. The zero-order chi connectivity index (χ0) is 12.4. The van der Waals surface area contributed by atoms with Gasteiger partial charge in [-0.3, -0.25) is 9.79 Å². The van der Waals surface area contributed by atoms with Crippen LogP contribution in [0.25, 0.3) is 0 Å². The van der Waals surface area contributed by atoms with Crippen LogP contribution in [-0.2, 0) is 4.57 Å². The molecule has 0 saturated heterocycles. The fraction of sp³-hybridized carbons (Fsp3) is 0.500. The average molecular weight is 303 g/mol. The molecule has 0 saturated carbocycles. The Morgan fingerprint density at radius 1 is 1.44 bits per heavy atom. The quantitative estimate of drug-likeness (QED) is 0.647. The smallest absolute Gasteiger partial charge is 0.278 e. The first-order valence-corrected chi connectivity index (χ1v) is 8.26. The van der Waals surface area contributed by atoms with Gasteiger partial charge in [0, 0.05) is 0 Å². The van der Waals surface area contributed by atoms with E-state index in [9.17, 15) is 14.4 Å². The molecule has 1 rings (SSSR count). The second-order valence-electron chi connectivity index (χ2n) is 3.14. The van der Waals surface area contributed by atoms with Crippen molar-refractivity contribution in [2.75, 3.05) is 13.1 Å². The van der Waals surface area contributed by atoms with Crippen LogP contribution in [0.3, 0.4) is 0 Å². The lowest BCUT2D eigenvalue weighted by molar-refractivity contribution is -0.676. The number of thiophene rings is 1. The molecule has 8 heteroatoms. The molecule has 0 atom stereocenters. The summed E-state index contributed by atoms with van der Waals surface area (Å²) in [5, 5.41) is 0. The Morgan fingerprint density at radius 3 is 2.31 bits per heavy atom. The Labute approximate surface area is 108 Å². The van der Waals surface area contributed by atoms with Crippen LogP contribution in [0.1, 0.15) is 13.8 Å². The van der Waals surface area contributed by atoms with Crippen molar-refractivity contribution in [3.05, 3.63) is 16.5 Å². The van der Waals surface area contributed by atoms with Crippen molar-refractivity contribution in [2.24, 2.45) is 0 Å². The van der Waals surface area contributed by atoms with Gasteiger partial charge in [0.05, 0.1) is 17.4 Å². The molecule has 0 aromatic carbocycles. The summed E-state index contributed by atoms with van der Waals surface area (Å²) in [6.07, 6.45) is 0. The summed E-state index contributed by atoms with van der Waals surface area (Å²) in [6, 6.07) is 3.51. The maximum absolute atomic E-state index is 11.5. The Morgan fingerprint density at radius 2 is 2.00 bits per heavy atom. The van der Waals surface area contributed by atoms with Gasteiger partial charge in [-0.2, -0.15) is 3.66 Å². The maximum Gasteiger partial charge on any atom is 0.538 e. The predicted molar refractivity (Wildman–Crippen MR) is 68.6 cm³/mol. The topological polar surface area (TPSA) is 57.5 Å². The van der Waals surface area contributed by atoms with Gasteiger partial charge < -0.3 is 0 Å². The standard InChI is InChI=1S/C8H13ClNO3PS2/c1-3-10(4-2,14(11,12)13)16-8-6-5-7(9)15-8/h5-6H,3-4H2,1-2H3,(H-,11,12,13)/p+1. The minimum atomic E-state index is -4.20. The fourth-order valence-electron chi connectivity index (χ4n) is 1.29. The molecule has 92 valence electrons. The summed E-state index contributed by atoms with van der Waals surface area (Å²) >= 11 is 8.30. The summed E-state index contributed by atoms with van der Waals surface area (Å²) in [4.78, 5) is 18.9. The minimum Gasteiger partial charge on any atom is -0.278 e. The molecule has 2 N–H and O–H groups in total. The van der Waals surface area contributed by atoms with E-state index in [1.807, 2.05) is 0 Å². The number of hydrogen-bond acceptors (Lipinski definition) is 3. The fourth-order valence-corrected chi connectivity index (χ4v) is 5.36. The molecule has 4 nitrogen and oxygen atoms in total. The van der Waals surface area contributed by atoms with Gasteiger partial charge in [0.2, 0.25) is 0 Å². The Bertz CT molecular complexity index is 402. The number of hydrogen-bond donors (Lipinski definition) is 2. The van der Waals surface area contributed by atoms with Crippen molar-refractivity contribution in [2.45, 2.75) is 18.1 Å². The molecule has 1 aromatic rings. The largest absolute Gasteiger partial charge is 0.538 e. The number of quaternary nitrogens is 1.